The van der Waals surface area contributed by atoms with Crippen molar-refractivity contribution in [3.8, 4) is 0 Å². The maximum atomic E-state index is 10.5. The number of carboxylic acids is 1. The topological polar surface area (TPSA) is 40.5 Å². The van der Waals surface area contributed by atoms with Crippen molar-refractivity contribution in [2.75, 3.05) is 13.1 Å². The highest BCUT2D eigenvalue weighted by atomic mass is 32.1. The standard InChI is InChI=1S/C14H21NO2S/c1-11-6-9-18-13(11)10-15-7-4-12(5-8-15)2-3-14(16)17/h6,9,12H,2-5,7-8,10H2,1H3,(H,16,17). The Morgan fingerprint density at radius 2 is 2.22 bits per heavy atom. The van der Waals surface area contributed by atoms with Crippen molar-refractivity contribution in [1.82, 2.24) is 4.90 Å². The molecule has 4 heteroatoms. The Kier molecular flexibility index (Phi) is 4.78. The van der Waals surface area contributed by atoms with E-state index in [9.17, 15) is 4.79 Å². The second-order valence-corrected chi connectivity index (χ2v) is 6.18. The van der Waals surface area contributed by atoms with Gasteiger partial charge in [0.2, 0.25) is 0 Å². The van der Waals surface area contributed by atoms with Gasteiger partial charge in [-0.2, -0.15) is 0 Å². The molecule has 0 saturated carbocycles. The Bertz CT molecular complexity index is 394. The van der Waals surface area contributed by atoms with E-state index >= 15 is 0 Å². The fraction of sp³-hybridized carbons (Fsp3) is 0.643. The maximum absolute atomic E-state index is 10.5. The lowest BCUT2D eigenvalue weighted by molar-refractivity contribution is -0.137. The van der Waals surface area contributed by atoms with Crippen LogP contribution in [0.3, 0.4) is 0 Å². The van der Waals surface area contributed by atoms with Crippen LogP contribution in [0.1, 0.15) is 36.1 Å². The number of carboxylic acid groups (broad SMARTS) is 1. The second-order valence-electron chi connectivity index (χ2n) is 5.18. The van der Waals surface area contributed by atoms with Crippen LogP contribution in [0.5, 0.6) is 0 Å². The quantitative estimate of drug-likeness (QED) is 0.891. The van der Waals surface area contributed by atoms with Gasteiger partial charge in [0.15, 0.2) is 0 Å². The first-order chi connectivity index (χ1) is 8.65. The molecule has 0 amide bonds. The summed E-state index contributed by atoms with van der Waals surface area (Å²) >= 11 is 1.84. The van der Waals surface area contributed by atoms with Gasteiger partial charge in [0.1, 0.15) is 0 Å². The van der Waals surface area contributed by atoms with Gasteiger partial charge in [0.25, 0.3) is 0 Å². The third kappa shape index (κ3) is 3.82. The Hall–Kier alpha value is -0.870. The minimum absolute atomic E-state index is 0.328. The van der Waals surface area contributed by atoms with E-state index in [1.54, 1.807) is 0 Å². The van der Waals surface area contributed by atoms with Crippen LogP contribution in [-0.4, -0.2) is 29.1 Å². The van der Waals surface area contributed by atoms with Crippen LogP contribution in [0.25, 0.3) is 0 Å². The van der Waals surface area contributed by atoms with Gasteiger partial charge in [0, 0.05) is 17.8 Å². The summed E-state index contributed by atoms with van der Waals surface area (Å²) in [6.07, 6.45) is 3.48. The minimum Gasteiger partial charge on any atom is -0.481 e. The fourth-order valence-corrected chi connectivity index (χ4v) is 3.48. The van der Waals surface area contributed by atoms with Crippen LogP contribution in [0.4, 0.5) is 0 Å². The van der Waals surface area contributed by atoms with Gasteiger partial charge in [-0.05, 0) is 62.2 Å². The highest BCUT2D eigenvalue weighted by molar-refractivity contribution is 7.10. The van der Waals surface area contributed by atoms with Gasteiger partial charge in [-0.1, -0.05) is 0 Å². The normalized spacial score (nSPS) is 18.1. The van der Waals surface area contributed by atoms with Crippen molar-refractivity contribution in [3.63, 3.8) is 0 Å². The number of likely N-dealkylation sites (tertiary alicyclic amines) is 1. The average molecular weight is 267 g/mol. The summed E-state index contributed by atoms with van der Waals surface area (Å²) in [7, 11) is 0. The molecule has 1 aliphatic rings. The Balaban J connectivity index is 1.73. The summed E-state index contributed by atoms with van der Waals surface area (Å²) in [6.45, 7) is 5.46. The smallest absolute Gasteiger partial charge is 0.303 e. The zero-order chi connectivity index (χ0) is 13.0. The number of piperidine rings is 1. The van der Waals surface area contributed by atoms with Crippen LogP contribution in [0, 0.1) is 12.8 Å². The molecule has 1 saturated heterocycles. The van der Waals surface area contributed by atoms with Gasteiger partial charge < -0.3 is 5.11 Å². The highest BCUT2D eigenvalue weighted by Gasteiger charge is 2.20. The van der Waals surface area contributed by atoms with Crippen LogP contribution in [-0.2, 0) is 11.3 Å². The van der Waals surface area contributed by atoms with Gasteiger partial charge in [-0.25, -0.2) is 0 Å². The van der Waals surface area contributed by atoms with Gasteiger partial charge in [0.05, 0.1) is 0 Å². The molecular weight excluding hydrogens is 246 g/mol. The van der Waals surface area contributed by atoms with Crippen molar-refractivity contribution < 1.29 is 9.90 Å². The van der Waals surface area contributed by atoms with Gasteiger partial charge in [-0.15, -0.1) is 11.3 Å². The van der Waals surface area contributed by atoms with E-state index in [4.69, 9.17) is 5.11 Å². The molecule has 2 heterocycles. The third-order valence-electron chi connectivity index (χ3n) is 3.81. The molecule has 1 N–H and O–H groups in total. The first kappa shape index (κ1) is 13.6. The number of rotatable bonds is 5. The number of carbonyl (C=O) groups is 1. The lowest BCUT2D eigenvalue weighted by Crippen LogP contribution is -2.33. The monoisotopic (exact) mass is 267 g/mol. The van der Waals surface area contributed by atoms with Crippen molar-refractivity contribution >= 4 is 17.3 Å². The summed E-state index contributed by atoms with van der Waals surface area (Å²) in [5.74, 6) is -0.0478. The van der Waals surface area contributed by atoms with E-state index in [2.05, 4.69) is 23.3 Å². The predicted octanol–water partition coefficient (Wildman–Crippen LogP) is 3.13. The third-order valence-corrected chi connectivity index (χ3v) is 4.82. The number of hydrogen-bond acceptors (Lipinski definition) is 3. The van der Waals surface area contributed by atoms with E-state index in [-0.39, 0.29) is 0 Å². The zero-order valence-corrected chi connectivity index (χ0v) is 11.7. The summed E-state index contributed by atoms with van der Waals surface area (Å²) < 4.78 is 0. The zero-order valence-electron chi connectivity index (χ0n) is 10.9. The first-order valence-corrected chi connectivity index (χ1v) is 7.50. The lowest BCUT2D eigenvalue weighted by Gasteiger charge is -2.31. The summed E-state index contributed by atoms with van der Waals surface area (Å²) in [4.78, 5) is 14.5. The fourth-order valence-electron chi connectivity index (χ4n) is 2.53. The van der Waals surface area contributed by atoms with Gasteiger partial charge in [-0.3, -0.25) is 9.69 Å². The number of thiophene rings is 1. The van der Waals surface area contributed by atoms with E-state index in [0.29, 0.717) is 12.3 Å². The molecule has 1 aliphatic heterocycles. The first-order valence-electron chi connectivity index (χ1n) is 6.62. The molecule has 0 radical (unpaired) electrons. The van der Waals surface area contributed by atoms with Crippen molar-refractivity contribution in [2.24, 2.45) is 5.92 Å². The summed E-state index contributed by atoms with van der Waals surface area (Å²) in [6, 6.07) is 2.18. The van der Waals surface area contributed by atoms with E-state index in [0.717, 1.165) is 38.9 Å². The SMILES string of the molecule is Cc1ccsc1CN1CCC(CCC(=O)O)CC1. The van der Waals surface area contributed by atoms with Crippen molar-refractivity contribution in [1.29, 1.82) is 0 Å². The number of aryl methyl sites for hydroxylation is 1. The molecule has 100 valence electrons. The van der Waals surface area contributed by atoms with E-state index < -0.39 is 5.97 Å². The van der Waals surface area contributed by atoms with Crippen LogP contribution in [0.15, 0.2) is 11.4 Å². The molecule has 3 nitrogen and oxygen atoms in total. The molecule has 0 aromatic carbocycles. The molecule has 0 bridgehead atoms. The number of nitrogens with zero attached hydrogens (tertiary/aromatic N) is 1. The molecule has 0 spiro atoms. The molecule has 0 unspecified atom stereocenters. The number of hydrogen-bond donors (Lipinski definition) is 1. The van der Waals surface area contributed by atoms with Crippen LogP contribution in [0.2, 0.25) is 0 Å². The summed E-state index contributed by atoms with van der Waals surface area (Å²) in [5, 5.41) is 10.8. The largest absolute Gasteiger partial charge is 0.481 e. The Morgan fingerprint density at radius 3 is 2.78 bits per heavy atom. The van der Waals surface area contributed by atoms with Crippen LogP contribution >= 0.6 is 11.3 Å². The van der Waals surface area contributed by atoms with Crippen molar-refractivity contribution in [3.05, 3.63) is 21.9 Å². The second kappa shape index (κ2) is 6.34. The minimum atomic E-state index is -0.661. The molecule has 0 atom stereocenters. The molecule has 2 rings (SSSR count). The predicted molar refractivity (Wildman–Crippen MR) is 73.9 cm³/mol. The van der Waals surface area contributed by atoms with Crippen molar-refractivity contribution in [2.45, 2.75) is 39.2 Å². The Morgan fingerprint density at radius 1 is 1.50 bits per heavy atom. The molecule has 1 fully saturated rings. The maximum Gasteiger partial charge on any atom is 0.303 e. The molecule has 1 aromatic heterocycles. The number of aliphatic carboxylic acids is 1. The molecular formula is C14H21NO2S. The van der Waals surface area contributed by atoms with Gasteiger partial charge >= 0.3 is 5.97 Å². The molecule has 1 aromatic rings. The Labute approximate surface area is 112 Å². The average Bonchev–Trinajstić information content (AvgIpc) is 2.74. The lowest BCUT2D eigenvalue weighted by atomic mass is 9.92. The van der Waals surface area contributed by atoms with E-state index in [1.165, 1.54) is 10.4 Å². The van der Waals surface area contributed by atoms with E-state index in [1.807, 2.05) is 11.3 Å². The molecule has 18 heavy (non-hydrogen) atoms. The summed E-state index contributed by atoms with van der Waals surface area (Å²) in [5.41, 5.74) is 1.40. The highest BCUT2D eigenvalue weighted by Crippen LogP contribution is 2.25. The molecule has 0 aliphatic carbocycles. The van der Waals surface area contributed by atoms with Crippen LogP contribution < -0.4 is 0 Å².